The standard InChI is InChI=1S/C18H16FNO6/c1-25-18(22)13-6-9-17(15(11-13)20(23)24)26-10-2-3-16(21)12-4-7-14(19)8-5-12/h4-9,11H,2-3,10H2,1H3. The average molecular weight is 361 g/mol. The number of ether oxygens (including phenoxy) is 2. The van der Waals surface area contributed by atoms with Gasteiger partial charge in [0.25, 0.3) is 0 Å². The summed E-state index contributed by atoms with van der Waals surface area (Å²) in [6.07, 6.45) is 0.478. The van der Waals surface area contributed by atoms with Crippen molar-refractivity contribution in [1.82, 2.24) is 0 Å². The van der Waals surface area contributed by atoms with Gasteiger partial charge in [-0.2, -0.15) is 0 Å². The van der Waals surface area contributed by atoms with E-state index in [2.05, 4.69) is 4.74 Å². The number of esters is 1. The van der Waals surface area contributed by atoms with E-state index in [4.69, 9.17) is 4.74 Å². The summed E-state index contributed by atoms with van der Waals surface area (Å²) in [5.74, 6) is -1.29. The summed E-state index contributed by atoms with van der Waals surface area (Å²) >= 11 is 0. The number of ketones is 1. The van der Waals surface area contributed by atoms with Crippen LogP contribution < -0.4 is 4.74 Å². The molecule has 7 nitrogen and oxygen atoms in total. The van der Waals surface area contributed by atoms with Gasteiger partial charge in [0.05, 0.1) is 24.2 Å². The lowest BCUT2D eigenvalue weighted by molar-refractivity contribution is -0.385. The van der Waals surface area contributed by atoms with E-state index in [1.54, 1.807) is 0 Å². The van der Waals surface area contributed by atoms with Gasteiger partial charge in [-0.05, 0) is 42.8 Å². The molecule has 0 amide bonds. The first-order valence-corrected chi connectivity index (χ1v) is 7.70. The number of Topliss-reactive ketones (excluding diaryl/α,β-unsaturated/α-hetero) is 1. The maximum atomic E-state index is 12.8. The topological polar surface area (TPSA) is 95.7 Å². The van der Waals surface area contributed by atoms with Crippen molar-refractivity contribution in [3.63, 3.8) is 0 Å². The minimum absolute atomic E-state index is 0.00288. The Hall–Kier alpha value is -3.29. The first-order chi connectivity index (χ1) is 12.4. The molecule has 0 unspecified atom stereocenters. The molecular weight excluding hydrogens is 345 g/mol. The third-order valence-corrected chi connectivity index (χ3v) is 3.55. The zero-order chi connectivity index (χ0) is 19.1. The lowest BCUT2D eigenvalue weighted by Gasteiger charge is -2.08. The fraction of sp³-hybridized carbons (Fsp3) is 0.222. The van der Waals surface area contributed by atoms with Gasteiger partial charge in [-0.3, -0.25) is 14.9 Å². The quantitative estimate of drug-likeness (QED) is 0.234. The van der Waals surface area contributed by atoms with Gasteiger partial charge in [0.2, 0.25) is 0 Å². The van der Waals surface area contributed by atoms with Gasteiger partial charge in [-0.15, -0.1) is 0 Å². The molecule has 136 valence electrons. The highest BCUT2D eigenvalue weighted by atomic mass is 19.1. The van der Waals surface area contributed by atoms with Crippen LogP contribution in [0.2, 0.25) is 0 Å². The van der Waals surface area contributed by atoms with E-state index in [9.17, 15) is 24.1 Å². The first-order valence-electron chi connectivity index (χ1n) is 7.70. The molecule has 0 saturated heterocycles. The molecule has 0 N–H and O–H groups in total. The van der Waals surface area contributed by atoms with E-state index in [-0.39, 0.29) is 35.8 Å². The highest BCUT2D eigenvalue weighted by molar-refractivity contribution is 5.96. The van der Waals surface area contributed by atoms with Crippen molar-refractivity contribution in [3.05, 3.63) is 69.5 Å². The van der Waals surface area contributed by atoms with Crippen molar-refractivity contribution < 1.29 is 28.4 Å². The molecule has 26 heavy (non-hydrogen) atoms. The van der Waals surface area contributed by atoms with Crippen LogP contribution in [-0.2, 0) is 4.74 Å². The van der Waals surface area contributed by atoms with Gasteiger partial charge < -0.3 is 9.47 Å². The van der Waals surface area contributed by atoms with Crippen molar-refractivity contribution in [2.24, 2.45) is 0 Å². The van der Waals surface area contributed by atoms with Crippen molar-refractivity contribution in [3.8, 4) is 5.75 Å². The van der Waals surface area contributed by atoms with Crippen LogP contribution in [0, 0.1) is 15.9 Å². The fourth-order valence-electron chi connectivity index (χ4n) is 2.22. The molecule has 0 aliphatic carbocycles. The second-order valence-corrected chi connectivity index (χ2v) is 5.31. The molecule has 0 radical (unpaired) electrons. The van der Waals surface area contributed by atoms with Crippen LogP contribution >= 0.6 is 0 Å². The lowest BCUT2D eigenvalue weighted by atomic mass is 10.1. The largest absolute Gasteiger partial charge is 0.487 e. The van der Waals surface area contributed by atoms with E-state index in [0.717, 1.165) is 6.07 Å². The summed E-state index contributed by atoms with van der Waals surface area (Å²) < 4.78 is 22.7. The zero-order valence-electron chi connectivity index (χ0n) is 13.9. The number of benzene rings is 2. The Bertz CT molecular complexity index is 819. The number of carbonyl (C=O) groups excluding carboxylic acids is 2. The number of nitrogens with zero attached hydrogens (tertiary/aromatic N) is 1. The molecular formula is C18H16FNO6. The Morgan fingerprint density at radius 3 is 2.38 bits per heavy atom. The van der Waals surface area contributed by atoms with E-state index in [1.165, 1.54) is 43.5 Å². The van der Waals surface area contributed by atoms with Crippen molar-refractivity contribution in [1.29, 1.82) is 0 Å². The van der Waals surface area contributed by atoms with Crippen molar-refractivity contribution in [2.75, 3.05) is 13.7 Å². The van der Waals surface area contributed by atoms with E-state index in [1.807, 2.05) is 0 Å². The van der Waals surface area contributed by atoms with Gasteiger partial charge in [-0.25, -0.2) is 9.18 Å². The second-order valence-electron chi connectivity index (χ2n) is 5.31. The number of halogens is 1. The number of rotatable bonds is 8. The maximum absolute atomic E-state index is 12.8. The summed E-state index contributed by atoms with van der Waals surface area (Å²) in [5.41, 5.74) is 0.0654. The Labute approximate surface area is 148 Å². The molecule has 0 aliphatic rings. The summed E-state index contributed by atoms with van der Waals surface area (Å²) in [4.78, 5) is 33.9. The smallest absolute Gasteiger partial charge is 0.338 e. The van der Waals surface area contributed by atoms with E-state index >= 15 is 0 Å². The molecule has 0 spiro atoms. The predicted molar refractivity (Wildman–Crippen MR) is 89.9 cm³/mol. The number of nitro groups is 1. The molecule has 2 rings (SSSR count). The third-order valence-electron chi connectivity index (χ3n) is 3.55. The SMILES string of the molecule is COC(=O)c1ccc(OCCCC(=O)c2ccc(F)cc2)c([N+](=O)[O-])c1. The molecule has 0 heterocycles. The molecule has 0 fully saturated rings. The van der Waals surface area contributed by atoms with Crippen molar-refractivity contribution in [2.45, 2.75) is 12.8 Å². The normalized spacial score (nSPS) is 10.2. The fourth-order valence-corrected chi connectivity index (χ4v) is 2.22. The van der Waals surface area contributed by atoms with Crippen LogP contribution in [0.4, 0.5) is 10.1 Å². The lowest BCUT2D eigenvalue weighted by Crippen LogP contribution is -2.06. The van der Waals surface area contributed by atoms with Gasteiger partial charge in [0, 0.05) is 18.1 Å². The van der Waals surface area contributed by atoms with Gasteiger partial charge in [-0.1, -0.05) is 0 Å². The number of hydrogen-bond donors (Lipinski definition) is 0. The van der Waals surface area contributed by atoms with Crippen LogP contribution in [0.3, 0.4) is 0 Å². The van der Waals surface area contributed by atoms with Crippen LogP contribution in [-0.4, -0.2) is 30.4 Å². The van der Waals surface area contributed by atoms with Crippen LogP contribution in [0.15, 0.2) is 42.5 Å². The van der Waals surface area contributed by atoms with Gasteiger partial charge >= 0.3 is 11.7 Å². The molecule has 0 aromatic heterocycles. The minimum atomic E-state index is -0.690. The maximum Gasteiger partial charge on any atom is 0.338 e. The molecule has 0 aliphatic heterocycles. The Balaban J connectivity index is 1.94. The zero-order valence-corrected chi connectivity index (χ0v) is 13.9. The van der Waals surface area contributed by atoms with Crippen LogP contribution in [0.1, 0.15) is 33.6 Å². The highest BCUT2D eigenvalue weighted by Crippen LogP contribution is 2.28. The number of nitro benzene ring substituents is 1. The van der Waals surface area contributed by atoms with Gasteiger partial charge in [0.15, 0.2) is 11.5 Å². The molecule has 0 saturated carbocycles. The monoisotopic (exact) mass is 361 g/mol. The summed E-state index contributed by atoms with van der Waals surface area (Å²) in [5, 5.41) is 11.1. The molecule has 8 heteroatoms. The highest BCUT2D eigenvalue weighted by Gasteiger charge is 2.19. The summed E-state index contributed by atoms with van der Waals surface area (Å²) in [6, 6.07) is 8.95. The summed E-state index contributed by atoms with van der Waals surface area (Å²) in [7, 11) is 1.18. The Kier molecular flexibility index (Phi) is 6.37. The molecule has 2 aromatic rings. The predicted octanol–water partition coefficient (Wildman–Crippen LogP) is 3.56. The third kappa shape index (κ3) is 4.85. The van der Waals surface area contributed by atoms with Crippen molar-refractivity contribution >= 4 is 17.4 Å². The number of hydrogen-bond acceptors (Lipinski definition) is 6. The molecule has 0 bridgehead atoms. The molecule has 0 atom stereocenters. The van der Waals surface area contributed by atoms with Crippen LogP contribution in [0.25, 0.3) is 0 Å². The summed E-state index contributed by atoms with van der Waals surface area (Å²) in [6.45, 7) is 0.0747. The number of methoxy groups -OCH3 is 1. The van der Waals surface area contributed by atoms with E-state index in [0.29, 0.717) is 12.0 Å². The van der Waals surface area contributed by atoms with Gasteiger partial charge in [0.1, 0.15) is 5.82 Å². The average Bonchev–Trinajstić information content (AvgIpc) is 2.64. The Morgan fingerprint density at radius 1 is 1.12 bits per heavy atom. The Morgan fingerprint density at radius 2 is 1.77 bits per heavy atom. The number of carbonyl (C=O) groups is 2. The van der Waals surface area contributed by atoms with Crippen LogP contribution in [0.5, 0.6) is 5.75 Å². The minimum Gasteiger partial charge on any atom is -0.487 e. The van der Waals surface area contributed by atoms with E-state index < -0.39 is 16.7 Å². The second kappa shape index (κ2) is 8.70. The first kappa shape index (κ1) is 19.0. The molecule has 2 aromatic carbocycles.